The fourth-order valence-corrected chi connectivity index (χ4v) is 2.90. The molecule has 0 radical (unpaired) electrons. The van der Waals surface area contributed by atoms with Gasteiger partial charge in [-0.1, -0.05) is 0 Å². The minimum absolute atomic E-state index is 0.0315. The molecule has 0 unspecified atom stereocenters. The van der Waals surface area contributed by atoms with Crippen molar-refractivity contribution in [1.29, 1.82) is 0 Å². The summed E-state index contributed by atoms with van der Waals surface area (Å²) in [5.74, 6) is 1.30. The number of alkyl carbamates (subject to hydrolysis) is 1. The van der Waals surface area contributed by atoms with Gasteiger partial charge in [-0.2, -0.15) is 15.1 Å². The maximum absolute atomic E-state index is 11.9. The van der Waals surface area contributed by atoms with Gasteiger partial charge < -0.3 is 20.7 Å². The average molecular weight is 399 g/mol. The van der Waals surface area contributed by atoms with Crippen molar-refractivity contribution in [3.63, 3.8) is 0 Å². The van der Waals surface area contributed by atoms with Crippen molar-refractivity contribution in [3.8, 4) is 5.82 Å². The van der Waals surface area contributed by atoms with E-state index >= 15 is 0 Å². The highest BCUT2D eigenvalue weighted by atomic mass is 16.6. The van der Waals surface area contributed by atoms with Gasteiger partial charge >= 0.3 is 6.09 Å². The van der Waals surface area contributed by atoms with Gasteiger partial charge in [0.2, 0.25) is 5.95 Å². The molecule has 29 heavy (non-hydrogen) atoms. The lowest BCUT2D eigenvalue weighted by Gasteiger charge is -2.40. The third kappa shape index (κ3) is 4.89. The number of aromatic nitrogens is 4. The van der Waals surface area contributed by atoms with Crippen LogP contribution < -0.4 is 16.0 Å². The molecule has 0 spiro atoms. The van der Waals surface area contributed by atoms with Gasteiger partial charge in [-0.25, -0.2) is 9.48 Å². The predicted molar refractivity (Wildman–Crippen MR) is 109 cm³/mol. The first kappa shape index (κ1) is 20.3. The third-order valence-corrected chi connectivity index (χ3v) is 4.26. The molecule has 1 fully saturated rings. The first-order chi connectivity index (χ1) is 13.7. The molecule has 1 aliphatic rings. The predicted octanol–water partition coefficient (Wildman–Crippen LogP) is 1.48. The Morgan fingerprint density at radius 3 is 2.66 bits per heavy atom. The van der Waals surface area contributed by atoms with E-state index in [-0.39, 0.29) is 12.0 Å². The van der Waals surface area contributed by atoms with E-state index in [4.69, 9.17) is 10.5 Å². The molecule has 10 nitrogen and oxygen atoms in total. The van der Waals surface area contributed by atoms with Crippen LogP contribution in [0.1, 0.15) is 32.0 Å². The highest BCUT2D eigenvalue weighted by molar-refractivity contribution is 5.74. The number of carbonyl (C=O) groups is 2. The summed E-state index contributed by atoms with van der Waals surface area (Å²) in [7, 11) is 0. The monoisotopic (exact) mass is 399 g/mol. The first-order valence-electron chi connectivity index (χ1n) is 9.22. The average Bonchev–Trinajstić information content (AvgIpc) is 2.94. The van der Waals surface area contributed by atoms with Gasteiger partial charge in [-0.05, 0) is 39.8 Å². The van der Waals surface area contributed by atoms with Crippen molar-refractivity contribution in [2.45, 2.75) is 39.3 Å². The van der Waals surface area contributed by atoms with Crippen LogP contribution in [0.15, 0.2) is 18.3 Å². The Bertz CT molecular complexity index is 940. The Balaban J connectivity index is 1.70. The van der Waals surface area contributed by atoms with Crippen molar-refractivity contribution < 1.29 is 14.3 Å². The molecule has 2 aromatic heterocycles. The van der Waals surface area contributed by atoms with Crippen LogP contribution in [0.2, 0.25) is 0 Å². The van der Waals surface area contributed by atoms with Crippen LogP contribution in [0.4, 0.5) is 16.6 Å². The van der Waals surface area contributed by atoms with Gasteiger partial charge in [0.25, 0.3) is 0 Å². The number of nitrogen functional groups attached to an aromatic ring is 1. The molecule has 3 N–H and O–H groups in total. The summed E-state index contributed by atoms with van der Waals surface area (Å²) in [5.41, 5.74) is 6.98. The zero-order valence-electron chi connectivity index (χ0n) is 16.9. The van der Waals surface area contributed by atoms with E-state index in [1.165, 1.54) is 6.08 Å². The van der Waals surface area contributed by atoms with E-state index < -0.39 is 11.7 Å². The fourth-order valence-electron chi connectivity index (χ4n) is 2.90. The second kappa shape index (κ2) is 7.90. The van der Waals surface area contributed by atoms with Gasteiger partial charge in [-0.3, -0.25) is 4.79 Å². The largest absolute Gasteiger partial charge is 0.444 e. The van der Waals surface area contributed by atoms with Gasteiger partial charge in [0.1, 0.15) is 17.7 Å². The fraction of sp³-hybridized carbons (Fsp3) is 0.421. The van der Waals surface area contributed by atoms with Gasteiger partial charge in [0.15, 0.2) is 5.82 Å². The summed E-state index contributed by atoms with van der Waals surface area (Å²) in [6.07, 6.45) is 5.01. The summed E-state index contributed by atoms with van der Waals surface area (Å²) in [4.78, 5) is 33.0. The number of ether oxygens (including phenoxy) is 1. The summed E-state index contributed by atoms with van der Waals surface area (Å²) >= 11 is 0. The van der Waals surface area contributed by atoms with Crippen molar-refractivity contribution in [2.24, 2.45) is 0 Å². The number of hydrogen-bond donors (Lipinski definition) is 2. The molecule has 3 rings (SSSR count). The number of anilines is 2. The van der Waals surface area contributed by atoms with E-state index in [1.807, 2.05) is 32.6 Å². The van der Waals surface area contributed by atoms with Gasteiger partial charge in [-0.15, -0.1) is 0 Å². The summed E-state index contributed by atoms with van der Waals surface area (Å²) < 4.78 is 6.91. The molecule has 0 saturated carbocycles. The Morgan fingerprint density at radius 1 is 1.31 bits per heavy atom. The van der Waals surface area contributed by atoms with Crippen LogP contribution in [-0.2, 0) is 9.53 Å². The molecule has 1 aliphatic heterocycles. The summed E-state index contributed by atoms with van der Waals surface area (Å²) in [6.45, 7) is 8.51. The quantitative estimate of drug-likeness (QED) is 0.571. The number of nitrogens with one attached hydrogen (secondary N) is 1. The highest BCUT2D eigenvalue weighted by Crippen LogP contribution is 2.23. The molecule has 3 heterocycles. The maximum atomic E-state index is 11.9. The van der Waals surface area contributed by atoms with Crippen LogP contribution >= 0.6 is 0 Å². The van der Waals surface area contributed by atoms with Crippen molar-refractivity contribution in [3.05, 3.63) is 29.6 Å². The third-order valence-electron chi connectivity index (χ3n) is 4.26. The van der Waals surface area contributed by atoms with E-state index in [1.54, 1.807) is 23.0 Å². The summed E-state index contributed by atoms with van der Waals surface area (Å²) in [6, 6.07) is 1.75. The standard InChI is InChI=1S/C19H25N7O3/c1-12-13(6-5-7-27)9-21-26(12)16-8-15(23-17(20)24-16)25-10-14(11-25)22-18(28)29-19(2,3)4/h5-9,14H,10-11H2,1-4H3,(H,22,28)(H2,20,23,24). The highest BCUT2D eigenvalue weighted by Gasteiger charge is 2.31. The Kier molecular flexibility index (Phi) is 5.53. The number of rotatable bonds is 5. The van der Waals surface area contributed by atoms with E-state index in [2.05, 4.69) is 20.4 Å². The van der Waals surface area contributed by atoms with Crippen LogP contribution in [0.3, 0.4) is 0 Å². The van der Waals surface area contributed by atoms with Crippen molar-refractivity contribution >= 4 is 30.2 Å². The molecule has 0 bridgehead atoms. The lowest BCUT2D eigenvalue weighted by molar-refractivity contribution is -0.104. The number of aldehydes is 1. The normalized spacial score (nSPS) is 14.7. The number of hydrogen-bond acceptors (Lipinski definition) is 8. The van der Waals surface area contributed by atoms with Crippen molar-refractivity contribution in [1.82, 2.24) is 25.1 Å². The minimum atomic E-state index is -0.537. The van der Waals surface area contributed by atoms with Crippen LogP contribution in [0, 0.1) is 6.92 Å². The second-order valence-corrected chi connectivity index (χ2v) is 7.78. The molecule has 0 aliphatic carbocycles. The van der Waals surface area contributed by atoms with Crippen LogP contribution in [0.5, 0.6) is 0 Å². The van der Waals surface area contributed by atoms with Gasteiger partial charge in [0, 0.05) is 24.7 Å². The van der Waals surface area contributed by atoms with E-state index in [9.17, 15) is 9.59 Å². The molecule has 1 amide bonds. The van der Waals surface area contributed by atoms with E-state index in [0.717, 1.165) is 11.3 Å². The SMILES string of the molecule is Cc1c(C=CC=O)cnn1-c1cc(N2CC(NC(=O)OC(C)(C)C)C2)nc(N)n1. The lowest BCUT2D eigenvalue weighted by atomic mass is 10.1. The number of carbonyl (C=O) groups excluding carboxylic acids is 2. The lowest BCUT2D eigenvalue weighted by Crippen LogP contribution is -2.60. The first-order valence-corrected chi connectivity index (χ1v) is 9.22. The van der Waals surface area contributed by atoms with E-state index in [0.29, 0.717) is 31.0 Å². The molecule has 2 aromatic rings. The number of nitrogens with zero attached hydrogens (tertiary/aromatic N) is 5. The maximum Gasteiger partial charge on any atom is 0.407 e. The number of allylic oxidation sites excluding steroid dienone is 1. The molecular weight excluding hydrogens is 374 g/mol. The number of nitrogens with two attached hydrogens (primary N) is 1. The Morgan fingerprint density at radius 2 is 2.00 bits per heavy atom. The second-order valence-electron chi connectivity index (χ2n) is 7.78. The zero-order chi connectivity index (χ0) is 21.2. The van der Waals surface area contributed by atoms with Crippen LogP contribution in [0.25, 0.3) is 11.9 Å². The molecule has 1 saturated heterocycles. The zero-order valence-corrected chi connectivity index (χ0v) is 16.9. The molecule has 0 atom stereocenters. The number of amides is 1. The van der Waals surface area contributed by atoms with Crippen LogP contribution in [-0.4, -0.2) is 56.9 Å². The molecule has 0 aromatic carbocycles. The molecule has 154 valence electrons. The topological polar surface area (TPSA) is 128 Å². The Hall–Kier alpha value is -3.43. The Labute approximate surface area is 168 Å². The molecular formula is C19H25N7O3. The minimum Gasteiger partial charge on any atom is -0.444 e. The van der Waals surface area contributed by atoms with Gasteiger partial charge in [0.05, 0.1) is 17.9 Å². The smallest absolute Gasteiger partial charge is 0.407 e. The van der Waals surface area contributed by atoms with Crippen molar-refractivity contribution in [2.75, 3.05) is 23.7 Å². The molecule has 10 heteroatoms. The summed E-state index contributed by atoms with van der Waals surface area (Å²) in [5, 5.41) is 7.16.